The van der Waals surface area contributed by atoms with E-state index in [0.717, 1.165) is 4.90 Å². The number of benzene rings is 2. The zero-order chi connectivity index (χ0) is 19.9. The SMILES string of the molecule is O=C(COc1ccc(Cl)cc1)N[C@H]1C[C@H](NC(=O)CSc2ccc(F)cc2)C1. The van der Waals surface area contributed by atoms with Gasteiger partial charge >= 0.3 is 0 Å². The molecule has 0 aliphatic heterocycles. The Hall–Kier alpha value is -2.25. The molecule has 0 bridgehead atoms. The van der Waals surface area contributed by atoms with Crippen molar-refractivity contribution in [3.05, 3.63) is 59.4 Å². The van der Waals surface area contributed by atoms with E-state index in [0.29, 0.717) is 23.6 Å². The molecule has 2 N–H and O–H groups in total. The predicted molar refractivity (Wildman–Crippen MR) is 107 cm³/mol. The van der Waals surface area contributed by atoms with Crippen LogP contribution in [0.15, 0.2) is 53.4 Å². The molecule has 5 nitrogen and oxygen atoms in total. The van der Waals surface area contributed by atoms with E-state index in [2.05, 4.69) is 10.6 Å². The monoisotopic (exact) mass is 422 g/mol. The molecule has 2 aromatic carbocycles. The van der Waals surface area contributed by atoms with E-state index < -0.39 is 0 Å². The fourth-order valence-corrected chi connectivity index (χ4v) is 3.59. The summed E-state index contributed by atoms with van der Waals surface area (Å²) in [5, 5.41) is 6.42. The number of hydrogen-bond acceptors (Lipinski definition) is 4. The molecule has 1 fully saturated rings. The van der Waals surface area contributed by atoms with Crippen molar-refractivity contribution in [3.63, 3.8) is 0 Å². The van der Waals surface area contributed by atoms with Crippen LogP contribution in [0.5, 0.6) is 5.75 Å². The summed E-state index contributed by atoms with van der Waals surface area (Å²) in [5.41, 5.74) is 0. The van der Waals surface area contributed by atoms with Crippen molar-refractivity contribution in [1.82, 2.24) is 10.6 Å². The number of ether oxygens (including phenoxy) is 1. The summed E-state index contributed by atoms with van der Waals surface area (Å²) in [7, 11) is 0. The van der Waals surface area contributed by atoms with Gasteiger partial charge in [-0.05, 0) is 61.4 Å². The number of carbonyl (C=O) groups excluding carboxylic acids is 2. The minimum absolute atomic E-state index is 0.0383. The van der Waals surface area contributed by atoms with Gasteiger partial charge in [0.25, 0.3) is 5.91 Å². The van der Waals surface area contributed by atoms with Crippen LogP contribution in [0.1, 0.15) is 12.8 Å². The summed E-state index contributed by atoms with van der Waals surface area (Å²) in [6.45, 7) is -0.0660. The lowest BCUT2D eigenvalue weighted by Gasteiger charge is -2.36. The lowest BCUT2D eigenvalue weighted by molar-refractivity contribution is -0.124. The smallest absolute Gasteiger partial charge is 0.258 e. The summed E-state index contributed by atoms with van der Waals surface area (Å²) in [6, 6.07) is 12.9. The third-order valence-electron chi connectivity index (χ3n) is 4.24. The second-order valence-corrected chi connectivity index (χ2v) is 7.97. The molecule has 0 spiro atoms. The topological polar surface area (TPSA) is 67.4 Å². The van der Waals surface area contributed by atoms with Crippen LogP contribution >= 0.6 is 23.4 Å². The molecule has 148 valence electrons. The number of carbonyl (C=O) groups is 2. The quantitative estimate of drug-likeness (QED) is 0.640. The summed E-state index contributed by atoms with van der Waals surface area (Å²) in [5.74, 6) is 0.285. The molecule has 1 aliphatic carbocycles. The number of halogens is 2. The van der Waals surface area contributed by atoms with E-state index in [-0.39, 0.29) is 42.1 Å². The molecule has 0 radical (unpaired) electrons. The van der Waals surface area contributed by atoms with Gasteiger partial charge in [-0.3, -0.25) is 9.59 Å². The lowest BCUT2D eigenvalue weighted by atomic mass is 9.86. The third-order valence-corrected chi connectivity index (χ3v) is 5.50. The molecule has 2 aromatic rings. The van der Waals surface area contributed by atoms with Crippen LogP contribution in [0, 0.1) is 5.82 Å². The Balaban J connectivity index is 1.28. The summed E-state index contributed by atoms with van der Waals surface area (Å²) in [4.78, 5) is 24.7. The van der Waals surface area contributed by atoms with Crippen molar-refractivity contribution in [2.24, 2.45) is 0 Å². The van der Waals surface area contributed by atoms with Crippen LogP contribution in [-0.2, 0) is 9.59 Å². The van der Waals surface area contributed by atoms with E-state index in [1.807, 2.05) is 0 Å². The van der Waals surface area contributed by atoms with Crippen molar-refractivity contribution >= 4 is 35.2 Å². The van der Waals surface area contributed by atoms with E-state index in [1.54, 1.807) is 36.4 Å². The van der Waals surface area contributed by atoms with E-state index in [1.165, 1.54) is 23.9 Å². The zero-order valence-corrected chi connectivity index (χ0v) is 16.6. The Kier molecular flexibility index (Phi) is 7.17. The van der Waals surface area contributed by atoms with Crippen LogP contribution in [0.25, 0.3) is 0 Å². The first-order valence-corrected chi connectivity index (χ1v) is 10.2. The van der Waals surface area contributed by atoms with Gasteiger partial charge < -0.3 is 15.4 Å². The fraction of sp³-hybridized carbons (Fsp3) is 0.300. The van der Waals surface area contributed by atoms with Crippen molar-refractivity contribution < 1.29 is 18.7 Å². The minimum Gasteiger partial charge on any atom is -0.484 e. The Labute approximate surface area is 172 Å². The minimum atomic E-state index is -0.296. The molecule has 0 saturated heterocycles. The van der Waals surface area contributed by atoms with Gasteiger partial charge in [0.1, 0.15) is 11.6 Å². The molecule has 8 heteroatoms. The highest BCUT2D eigenvalue weighted by atomic mass is 35.5. The Morgan fingerprint density at radius 3 is 2.25 bits per heavy atom. The summed E-state index contributed by atoms with van der Waals surface area (Å²) in [6.07, 6.45) is 1.39. The van der Waals surface area contributed by atoms with Crippen LogP contribution < -0.4 is 15.4 Å². The van der Waals surface area contributed by atoms with E-state index in [9.17, 15) is 14.0 Å². The molecule has 3 rings (SSSR count). The summed E-state index contributed by atoms with van der Waals surface area (Å²) >= 11 is 7.15. The third kappa shape index (κ3) is 6.42. The van der Waals surface area contributed by atoms with Crippen molar-refractivity contribution in [1.29, 1.82) is 0 Å². The Bertz CT molecular complexity index is 744. The molecule has 0 heterocycles. The first-order valence-electron chi connectivity index (χ1n) is 8.83. The molecule has 28 heavy (non-hydrogen) atoms. The van der Waals surface area contributed by atoms with Crippen LogP contribution in [0.3, 0.4) is 0 Å². The maximum Gasteiger partial charge on any atom is 0.258 e. The van der Waals surface area contributed by atoms with Crippen LogP contribution in [0.2, 0.25) is 5.02 Å². The number of rotatable bonds is 8. The van der Waals surface area contributed by atoms with E-state index in [4.69, 9.17) is 16.3 Å². The van der Waals surface area contributed by atoms with Crippen molar-refractivity contribution in [3.8, 4) is 5.75 Å². The first kappa shape index (κ1) is 20.5. The molecule has 1 saturated carbocycles. The number of thioether (sulfide) groups is 1. The number of hydrogen-bond donors (Lipinski definition) is 2. The predicted octanol–water partition coefficient (Wildman–Crippen LogP) is 3.41. The lowest BCUT2D eigenvalue weighted by Crippen LogP contribution is -2.54. The highest BCUT2D eigenvalue weighted by Gasteiger charge is 2.31. The first-order chi connectivity index (χ1) is 13.5. The van der Waals surface area contributed by atoms with Crippen molar-refractivity contribution in [2.75, 3.05) is 12.4 Å². The maximum atomic E-state index is 12.9. The van der Waals surface area contributed by atoms with Gasteiger partial charge in [-0.1, -0.05) is 11.6 Å². The number of amides is 2. The van der Waals surface area contributed by atoms with Gasteiger partial charge in [0.05, 0.1) is 5.75 Å². The van der Waals surface area contributed by atoms with Crippen LogP contribution in [-0.4, -0.2) is 36.3 Å². The second kappa shape index (κ2) is 9.80. The normalized spacial score (nSPS) is 18.1. The highest BCUT2D eigenvalue weighted by Crippen LogP contribution is 2.22. The van der Waals surface area contributed by atoms with Crippen LogP contribution in [0.4, 0.5) is 4.39 Å². The molecular weight excluding hydrogens is 403 g/mol. The fourth-order valence-electron chi connectivity index (χ4n) is 2.75. The van der Waals surface area contributed by atoms with Crippen molar-refractivity contribution in [2.45, 2.75) is 29.8 Å². The van der Waals surface area contributed by atoms with Gasteiger partial charge in [0.15, 0.2) is 6.61 Å². The van der Waals surface area contributed by atoms with Gasteiger partial charge in [0, 0.05) is 22.0 Å². The van der Waals surface area contributed by atoms with Gasteiger partial charge in [0.2, 0.25) is 5.91 Å². The molecule has 0 atom stereocenters. The zero-order valence-electron chi connectivity index (χ0n) is 15.0. The maximum absolute atomic E-state index is 12.9. The molecular formula is C20H20ClFN2O3S. The average Bonchev–Trinajstić information content (AvgIpc) is 2.65. The highest BCUT2D eigenvalue weighted by molar-refractivity contribution is 8.00. The molecule has 1 aliphatic rings. The average molecular weight is 423 g/mol. The van der Waals surface area contributed by atoms with Gasteiger partial charge in [-0.2, -0.15) is 0 Å². The molecule has 0 unspecified atom stereocenters. The Morgan fingerprint density at radius 2 is 1.61 bits per heavy atom. The summed E-state index contributed by atoms with van der Waals surface area (Å²) < 4.78 is 18.3. The standard InChI is InChI=1S/C20H20ClFN2O3S/c21-13-1-5-17(6-2-13)27-11-19(25)23-15-9-16(10-15)24-20(26)12-28-18-7-3-14(22)4-8-18/h1-8,15-16H,9-12H2,(H,23,25)(H,24,26)/t15-,16-. The molecule has 0 aromatic heterocycles. The van der Waals surface area contributed by atoms with Gasteiger partial charge in [-0.15, -0.1) is 11.8 Å². The number of nitrogens with one attached hydrogen (secondary N) is 2. The van der Waals surface area contributed by atoms with Gasteiger partial charge in [-0.25, -0.2) is 4.39 Å². The molecule has 2 amide bonds. The largest absolute Gasteiger partial charge is 0.484 e. The van der Waals surface area contributed by atoms with E-state index >= 15 is 0 Å². The Morgan fingerprint density at radius 1 is 1.00 bits per heavy atom. The second-order valence-electron chi connectivity index (χ2n) is 6.49.